The lowest BCUT2D eigenvalue weighted by Gasteiger charge is -2.42. The van der Waals surface area contributed by atoms with Gasteiger partial charge in [-0.05, 0) is 36.4 Å². The van der Waals surface area contributed by atoms with E-state index in [2.05, 4.69) is 0 Å². The summed E-state index contributed by atoms with van der Waals surface area (Å²) in [6.07, 6.45) is 0.186. The minimum Gasteiger partial charge on any atom is -0.410 e. The molecule has 0 N–H and O–H groups in total. The Labute approximate surface area is 168 Å². The number of likely N-dealkylation sites (tertiary alicyclic amines) is 1. The number of amides is 1. The molecular formula is C20H21FN2O5S. The van der Waals surface area contributed by atoms with Crippen LogP contribution < -0.4 is 4.74 Å². The van der Waals surface area contributed by atoms with Crippen LogP contribution in [0.3, 0.4) is 0 Å². The average Bonchev–Trinajstić information content (AvgIpc) is 3.13. The van der Waals surface area contributed by atoms with Gasteiger partial charge in [-0.3, -0.25) is 0 Å². The number of halogens is 1. The summed E-state index contributed by atoms with van der Waals surface area (Å²) in [6, 6.07) is 13.5. The SMILES string of the molecule is O=C(Oc1ccccc1)N1CCC2(CC1)OCCN2S(=O)(=O)c1ccc(F)cc1. The number of para-hydroxylation sites is 1. The Morgan fingerprint density at radius 3 is 2.31 bits per heavy atom. The maximum atomic E-state index is 13.2. The highest BCUT2D eigenvalue weighted by Gasteiger charge is 2.51. The van der Waals surface area contributed by atoms with Crippen LogP contribution in [0.1, 0.15) is 12.8 Å². The number of ether oxygens (including phenoxy) is 2. The van der Waals surface area contributed by atoms with Crippen LogP contribution >= 0.6 is 0 Å². The predicted octanol–water partition coefficient (Wildman–Crippen LogP) is 2.84. The normalized spacial score (nSPS) is 19.4. The molecule has 0 unspecified atom stereocenters. The molecule has 2 aliphatic rings. The molecule has 2 heterocycles. The van der Waals surface area contributed by atoms with Crippen LogP contribution in [0, 0.1) is 5.82 Å². The molecule has 2 fully saturated rings. The fourth-order valence-electron chi connectivity index (χ4n) is 3.75. The van der Waals surface area contributed by atoms with Crippen molar-refractivity contribution >= 4 is 16.1 Å². The Kier molecular flexibility index (Phi) is 5.28. The molecular weight excluding hydrogens is 399 g/mol. The third-order valence-electron chi connectivity index (χ3n) is 5.27. The molecule has 2 aromatic rings. The number of carbonyl (C=O) groups is 1. The first-order valence-corrected chi connectivity index (χ1v) is 10.8. The Bertz CT molecular complexity index is 974. The van der Waals surface area contributed by atoms with Crippen molar-refractivity contribution in [2.45, 2.75) is 23.5 Å². The topological polar surface area (TPSA) is 76.2 Å². The van der Waals surface area contributed by atoms with Crippen LogP contribution in [-0.2, 0) is 14.8 Å². The quantitative estimate of drug-likeness (QED) is 0.763. The summed E-state index contributed by atoms with van der Waals surface area (Å²) < 4.78 is 51.9. The molecule has 0 saturated carbocycles. The third kappa shape index (κ3) is 3.85. The molecule has 154 valence electrons. The Hall–Kier alpha value is -2.49. The van der Waals surface area contributed by atoms with E-state index in [1.54, 1.807) is 29.2 Å². The molecule has 2 aliphatic heterocycles. The van der Waals surface area contributed by atoms with Crippen LogP contribution in [-0.4, -0.2) is 55.7 Å². The molecule has 0 radical (unpaired) electrons. The van der Waals surface area contributed by atoms with Crippen molar-refractivity contribution in [1.29, 1.82) is 0 Å². The number of hydrogen-bond acceptors (Lipinski definition) is 5. The van der Waals surface area contributed by atoms with Gasteiger partial charge in [-0.25, -0.2) is 17.6 Å². The summed E-state index contributed by atoms with van der Waals surface area (Å²) in [5, 5.41) is 0. The van der Waals surface area contributed by atoms with Crippen LogP contribution in [0.4, 0.5) is 9.18 Å². The second kappa shape index (κ2) is 7.74. The number of carbonyl (C=O) groups excluding carboxylic acids is 1. The monoisotopic (exact) mass is 420 g/mol. The minimum absolute atomic E-state index is 0.0229. The van der Waals surface area contributed by atoms with Crippen LogP contribution in [0.2, 0.25) is 0 Å². The molecule has 29 heavy (non-hydrogen) atoms. The molecule has 1 amide bonds. The molecule has 0 bridgehead atoms. The van der Waals surface area contributed by atoms with Crippen molar-refractivity contribution in [1.82, 2.24) is 9.21 Å². The molecule has 2 aromatic carbocycles. The van der Waals surface area contributed by atoms with Gasteiger partial charge in [0, 0.05) is 32.5 Å². The number of piperidine rings is 1. The van der Waals surface area contributed by atoms with Crippen molar-refractivity contribution < 1.29 is 27.1 Å². The lowest BCUT2D eigenvalue weighted by molar-refractivity contribution is -0.0862. The van der Waals surface area contributed by atoms with E-state index in [0.717, 1.165) is 12.1 Å². The van der Waals surface area contributed by atoms with E-state index < -0.39 is 27.7 Å². The van der Waals surface area contributed by atoms with Gasteiger partial charge < -0.3 is 14.4 Å². The number of rotatable bonds is 3. The average molecular weight is 420 g/mol. The summed E-state index contributed by atoms with van der Waals surface area (Å²) in [5.41, 5.74) is -1.00. The van der Waals surface area contributed by atoms with E-state index in [0.29, 0.717) is 31.7 Å². The largest absolute Gasteiger partial charge is 0.415 e. The molecule has 2 saturated heterocycles. The van der Waals surface area contributed by atoms with Crippen LogP contribution in [0.5, 0.6) is 5.75 Å². The van der Waals surface area contributed by atoms with Crippen LogP contribution in [0.25, 0.3) is 0 Å². The van der Waals surface area contributed by atoms with Gasteiger partial charge in [0.05, 0.1) is 11.5 Å². The molecule has 0 aliphatic carbocycles. The van der Waals surface area contributed by atoms with Gasteiger partial charge in [-0.1, -0.05) is 18.2 Å². The maximum absolute atomic E-state index is 13.2. The van der Waals surface area contributed by atoms with Gasteiger partial charge >= 0.3 is 6.09 Å². The fraction of sp³-hybridized carbons (Fsp3) is 0.350. The molecule has 0 aromatic heterocycles. The summed E-state index contributed by atoms with van der Waals surface area (Å²) in [6.45, 7) is 1.10. The van der Waals surface area contributed by atoms with Gasteiger partial charge in [-0.15, -0.1) is 0 Å². The molecule has 0 atom stereocenters. The van der Waals surface area contributed by atoms with E-state index in [4.69, 9.17) is 9.47 Å². The fourth-order valence-corrected chi connectivity index (χ4v) is 5.48. The highest BCUT2D eigenvalue weighted by molar-refractivity contribution is 7.89. The van der Waals surface area contributed by atoms with E-state index in [1.807, 2.05) is 6.07 Å². The van der Waals surface area contributed by atoms with Crippen molar-refractivity contribution in [3.05, 3.63) is 60.4 Å². The molecule has 4 rings (SSSR count). The zero-order valence-corrected chi connectivity index (χ0v) is 16.5. The second-order valence-electron chi connectivity index (χ2n) is 6.99. The smallest absolute Gasteiger partial charge is 0.410 e. The first kappa shape index (κ1) is 19.8. The first-order chi connectivity index (χ1) is 13.9. The van der Waals surface area contributed by atoms with Crippen molar-refractivity contribution in [2.24, 2.45) is 0 Å². The van der Waals surface area contributed by atoms with E-state index in [-0.39, 0.29) is 18.0 Å². The predicted molar refractivity (Wildman–Crippen MR) is 102 cm³/mol. The number of benzene rings is 2. The zero-order chi connectivity index (χ0) is 20.5. The third-order valence-corrected chi connectivity index (χ3v) is 7.24. The minimum atomic E-state index is -3.84. The van der Waals surface area contributed by atoms with Crippen LogP contribution in [0.15, 0.2) is 59.5 Å². The van der Waals surface area contributed by atoms with Gasteiger partial charge in [0.2, 0.25) is 10.0 Å². The summed E-state index contributed by atoms with van der Waals surface area (Å²) in [4.78, 5) is 14.0. The van der Waals surface area contributed by atoms with Gasteiger partial charge in [0.15, 0.2) is 0 Å². The molecule has 1 spiro atoms. The van der Waals surface area contributed by atoms with Gasteiger partial charge in [0.1, 0.15) is 17.3 Å². The van der Waals surface area contributed by atoms with E-state index in [1.165, 1.54) is 16.4 Å². The lowest BCUT2D eigenvalue weighted by Crippen LogP contribution is -2.56. The lowest BCUT2D eigenvalue weighted by atomic mass is 10.0. The first-order valence-electron chi connectivity index (χ1n) is 9.35. The van der Waals surface area contributed by atoms with E-state index in [9.17, 15) is 17.6 Å². The number of sulfonamides is 1. The maximum Gasteiger partial charge on any atom is 0.415 e. The standard InChI is InChI=1S/C20H21FN2O5S/c21-16-6-8-18(9-7-16)29(25,26)23-14-15-27-20(23)10-12-22(13-11-20)19(24)28-17-4-2-1-3-5-17/h1-9H,10-15H2. The van der Waals surface area contributed by atoms with Gasteiger partial charge in [0.25, 0.3) is 0 Å². The van der Waals surface area contributed by atoms with Crippen molar-refractivity contribution in [2.75, 3.05) is 26.2 Å². The summed E-state index contributed by atoms with van der Waals surface area (Å²) in [5.74, 6) is -0.0445. The highest BCUT2D eigenvalue weighted by Crippen LogP contribution is 2.38. The Morgan fingerprint density at radius 2 is 1.66 bits per heavy atom. The number of hydrogen-bond donors (Lipinski definition) is 0. The second-order valence-corrected chi connectivity index (χ2v) is 8.86. The summed E-state index contributed by atoms with van der Waals surface area (Å²) in [7, 11) is -3.84. The molecule has 9 heteroatoms. The molecule has 7 nitrogen and oxygen atoms in total. The van der Waals surface area contributed by atoms with Crippen molar-refractivity contribution in [3.63, 3.8) is 0 Å². The zero-order valence-electron chi connectivity index (χ0n) is 15.7. The van der Waals surface area contributed by atoms with E-state index >= 15 is 0 Å². The highest BCUT2D eigenvalue weighted by atomic mass is 32.2. The Balaban J connectivity index is 1.46. The summed E-state index contributed by atoms with van der Waals surface area (Å²) >= 11 is 0. The Morgan fingerprint density at radius 1 is 1.00 bits per heavy atom. The number of nitrogens with zero attached hydrogens (tertiary/aromatic N) is 2. The van der Waals surface area contributed by atoms with Gasteiger partial charge in [-0.2, -0.15) is 4.31 Å². The van der Waals surface area contributed by atoms with Crippen molar-refractivity contribution in [3.8, 4) is 5.75 Å².